The first-order valence-corrected chi connectivity index (χ1v) is 10.4. The van der Waals surface area contributed by atoms with Gasteiger partial charge in [-0.05, 0) is 24.5 Å². The van der Waals surface area contributed by atoms with Gasteiger partial charge in [-0.2, -0.15) is 0 Å². The zero-order valence-corrected chi connectivity index (χ0v) is 16.4. The molecule has 1 aromatic rings. The third-order valence-corrected chi connectivity index (χ3v) is 4.67. The Kier molecular flexibility index (Phi) is 12.9. The maximum atomic E-state index is 11.8. The lowest BCUT2D eigenvalue weighted by atomic mass is 10.0. The monoisotopic (exact) mass is 346 g/mol. The minimum Gasteiger partial charge on any atom is -0.352 e. The fraction of sp³-hybridized carbons (Fsp3) is 0.727. The number of pyridine rings is 1. The van der Waals surface area contributed by atoms with E-state index in [2.05, 4.69) is 24.1 Å². The standard InChI is InChI=1S/C22H38N2O/c1-20(2)15-12-10-8-6-4-3-5-7-9-11-13-18-24-22(25)21-16-14-17-23-19-21/h14,16-17,19-20H,3-13,15,18H2,1-2H3,(H,24,25). The molecule has 0 unspecified atom stereocenters. The van der Waals surface area contributed by atoms with Gasteiger partial charge in [0.25, 0.3) is 5.91 Å². The predicted octanol–water partition coefficient (Wildman–Crippen LogP) is 6.15. The van der Waals surface area contributed by atoms with Crippen molar-refractivity contribution < 1.29 is 4.79 Å². The third kappa shape index (κ3) is 12.6. The molecule has 1 rings (SSSR count). The predicted molar refractivity (Wildman–Crippen MR) is 107 cm³/mol. The first-order chi connectivity index (χ1) is 12.2. The van der Waals surface area contributed by atoms with Gasteiger partial charge in [0.1, 0.15) is 0 Å². The van der Waals surface area contributed by atoms with E-state index in [1.807, 2.05) is 0 Å². The Morgan fingerprint density at radius 2 is 1.48 bits per heavy atom. The lowest BCUT2D eigenvalue weighted by Crippen LogP contribution is -2.24. The van der Waals surface area contributed by atoms with Crippen molar-refractivity contribution in [3.63, 3.8) is 0 Å². The van der Waals surface area contributed by atoms with Gasteiger partial charge in [-0.15, -0.1) is 0 Å². The Bertz CT molecular complexity index is 431. The van der Waals surface area contributed by atoms with Crippen LogP contribution in [-0.4, -0.2) is 17.4 Å². The van der Waals surface area contributed by atoms with E-state index in [0.29, 0.717) is 5.56 Å². The molecule has 0 bridgehead atoms. The molecule has 3 heteroatoms. The maximum Gasteiger partial charge on any atom is 0.252 e. The molecule has 0 fully saturated rings. The number of carbonyl (C=O) groups excluding carboxylic acids is 1. The van der Waals surface area contributed by atoms with Crippen molar-refractivity contribution in [3.8, 4) is 0 Å². The van der Waals surface area contributed by atoms with Crippen LogP contribution in [-0.2, 0) is 0 Å². The quantitative estimate of drug-likeness (QED) is 0.387. The highest BCUT2D eigenvalue weighted by Gasteiger charge is 2.03. The molecule has 0 radical (unpaired) electrons. The number of aromatic nitrogens is 1. The molecule has 3 nitrogen and oxygen atoms in total. The number of hydrogen-bond acceptors (Lipinski definition) is 2. The minimum atomic E-state index is -0.0125. The average Bonchev–Trinajstić information content (AvgIpc) is 2.62. The van der Waals surface area contributed by atoms with Crippen LogP contribution in [0.25, 0.3) is 0 Å². The summed E-state index contributed by atoms with van der Waals surface area (Å²) in [4.78, 5) is 15.8. The molecule has 1 aromatic heterocycles. The zero-order valence-electron chi connectivity index (χ0n) is 16.4. The molecule has 1 amide bonds. The van der Waals surface area contributed by atoms with E-state index in [-0.39, 0.29) is 5.91 Å². The number of rotatable bonds is 15. The van der Waals surface area contributed by atoms with E-state index in [1.54, 1.807) is 24.5 Å². The first kappa shape index (κ1) is 21.7. The summed E-state index contributed by atoms with van der Waals surface area (Å²) in [5, 5.41) is 2.96. The lowest BCUT2D eigenvalue weighted by molar-refractivity contribution is 0.0952. The third-order valence-electron chi connectivity index (χ3n) is 4.67. The van der Waals surface area contributed by atoms with Crippen molar-refractivity contribution in [2.75, 3.05) is 6.54 Å². The molecular weight excluding hydrogens is 308 g/mol. The molecule has 0 saturated heterocycles. The van der Waals surface area contributed by atoms with Crippen LogP contribution in [0.5, 0.6) is 0 Å². The van der Waals surface area contributed by atoms with Gasteiger partial charge < -0.3 is 5.32 Å². The van der Waals surface area contributed by atoms with Gasteiger partial charge in [0.05, 0.1) is 5.56 Å². The molecule has 0 saturated carbocycles. The summed E-state index contributed by atoms with van der Waals surface area (Å²) in [6, 6.07) is 3.59. The second-order valence-corrected chi connectivity index (χ2v) is 7.57. The molecule has 0 aliphatic rings. The summed E-state index contributed by atoms with van der Waals surface area (Å²) in [7, 11) is 0. The topological polar surface area (TPSA) is 42.0 Å². The van der Waals surface area contributed by atoms with E-state index < -0.39 is 0 Å². The summed E-state index contributed by atoms with van der Waals surface area (Å²) in [5.74, 6) is 0.852. The van der Waals surface area contributed by atoms with E-state index in [9.17, 15) is 4.79 Å². The van der Waals surface area contributed by atoms with E-state index in [1.165, 1.54) is 70.6 Å². The number of unbranched alkanes of at least 4 members (excludes halogenated alkanes) is 10. The highest BCUT2D eigenvalue weighted by Crippen LogP contribution is 2.13. The van der Waals surface area contributed by atoms with Crippen LogP contribution in [0.2, 0.25) is 0 Å². The van der Waals surface area contributed by atoms with Gasteiger partial charge in [0, 0.05) is 18.9 Å². The minimum absolute atomic E-state index is 0.0125. The van der Waals surface area contributed by atoms with Crippen molar-refractivity contribution >= 4 is 5.91 Å². The summed E-state index contributed by atoms with van der Waals surface area (Å²) in [5.41, 5.74) is 0.645. The van der Waals surface area contributed by atoms with Crippen LogP contribution in [0.15, 0.2) is 24.5 Å². The number of nitrogens with zero attached hydrogens (tertiary/aromatic N) is 1. The van der Waals surface area contributed by atoms with Gasteiger partial charge in [-0.1, -0.05) is 84.5 Å². The van der Waals surface area contributed by atoms with Crippen LogP contribution >= 0.6 is 0 Å². The van der Waals surface area contributed by atoms with Gasteiger partial charge >= 0.3 is 0 Å². The van der Waals surface area contributed by atoms with Gasteiger partial charge in [-0.25, -0.2) is 0 Å². The fourth-order valence-electron chi connectivity index (χ4n) is 3.07. The summed E-state index contributed by atoms with van der Waals surface area (Å²) in [6.07, 6.45) is 19.4. The molecule has 25 heavy (non-hydrogen) atoms. The molecule has 142 valence electrons. The Hall–Kier alpha value is -1.38. The van der Waals surface area contributed by atoms with Crippen molar-refractivity contribution in [3.05, 3.63) is 30.1 Å². The lowest BCUT2D eigenvalue weighted by Gasteiger charge is -2.06. The van der Waals surface area contributed by atoms with Gasteiger partial charge in [0.15, 0.2) is 0 Å². The number of nitrogens with one attached hydrogen (secondary N) is 1. The Balaban J connectivity index is 1.80. The maximum absolute atomic E-state index is 11.8. The molecule has 1 heterocycles. The second kappa shape index (κ2) is 14.9. The van der Waals surface area contributed by atoms with Crippen molar-refractivity contribution in [2.45, 2.75) is 90.9 Å². The van der Waals surface area contributed by atoms with Crippen LogP contribution < -0.4 is 5.32 Å². The Labute approximate surface area is 155 Å². The molecule has 0 aromatic carbocycles. The first-order valence-electron chi connectivity index (χ1n) is 10.4. The SMILES string of the molecule is CC(C)CCCCCCCCCCCCCNC(=O)c1cccnc1. The molecule has 0 aliphatic heterocycles. The molecule has 0 atom stereocenters. The summed E-state index contributed by atoms with van der Waals surface area (Å²) < 4.78 is 0. The van der Waals surface area contributed by atoms with Gasteiger partial charge in [-0.3, -0.25) is 9.78 Å². The average molecular weight is 347 g/mol. The van der Waals surface area contributed by atoms with Crippen molar-refractivity contribution in [1.29, 1.82) is 0 Å². The number of amides is 1. The van der Waals surface area contributed by atoms with Crippen molar-refractivity contribution in [1.82, 2.24) is 10.3 Å². The molecule has 0 spiro atoms. The Morgan fingerprint density at radius 3 is 2.00 bits per heavy atom. The Morgan fingerprint density at radius 1 is 0.920 bits per heavy atom. The summed E-state index contributed by atoms with van der Waals surface area (Å²) >= 11 is 0. The zero-order chi connectivity index (χ0) is 18.2. The highest BCUT2D eigenvalue weighted by molar-refractivity contribution is 5.93. The van der Waals surface area contributed by atoms with E-state index in [4.69, 9.17) is 0 Å². The normalized spacial score (nSPS) is 11.0. The molecule has 1 N–H and O–H groups in total. The van der Waals surface area contributed by atoms with Crippen LogP contribution in [0, 0.1) is 5.92 Å². The van der Waals surface area contributed by atoms with Crippen LogP contribution in [0.3, 0.4) is 0 Å². The molecule has 0 aliphatic carbocycles. The van der Waals surface area contributed by atoms with E-state index >= 15 is 0 Å². The fourth-order valence-corrected chi connectivity index (χ4v) is 3.07. The van der Waals surface area contributed by atoms with Gasteiger partial charge in [0.2, 0.25) is 0 Å². The summed E-state index contributed by atoms with van der Waals surface area (Å²) in [6.45, 7) is 5.40. The van der Waals surface area contributed by atoms with Crippen molar-refractivity contribution in [2.24, 2.45) is 5.92 Å². The largest absolute Gasteiger partial charge is 0.352 e. The molecular formula is C22H38N2O. The van der Waals surface area contributed by atoms with Crippen LogP contribution in [0.4, 0.5) is 0 Å². The smallest absolute Gasteiger partial charge is 0.252 e. The van der Waals surface area contributed by atoms with Crippen LogP contribution in [0.1, 0.15) is 101 Å². The second-order valence-electron chi connectivity index (χ2n) is 7.57. The number of carbonyl (C=O) groups is 1. The highest BCUT2D eigenvalue weighted by atomic mass is 16.1. The van der Waals surface area contributed by atoms with E-state index in [0.717, 1.165) is 18.9 Å². The number of hydrogen-bond donors (Lipinski definition) is 1.